The minimum Gasteiger partial charge on any atom is -0.356 e. The number of likely N-dealkylation sites (N-methyl/N-ethyl adjacent to an activating group) is 1. The summed E-state index contributed by atoms with van der Waals surface area (Å²) in [4.78, 5) is 21.9. The van der Waals surface area contributed by atoms with Crippen LogP contribution in [0.15, 0.2) is 0 Å². The first kappa shape index (κ1) is 12.9. The van der Waals surface area contributed by atoms with Gasteiger partial charge in [0.05, 0.1) is 0 Å². The van der Waals surface area contributed by atoms with E-state index in [0.717, 1.165) is 6.54 Å². The van der Waals surface area contributed by atoms with Gasteiger partial charge in [-0.3, -0.25) is 9.59 Å². The Morgan fingerprint density at radius 1 is 1.00 bits per heavy atom. The molecule has 2 amide bonds. The zero-order chi connectivity index (χ0) is 10.8. The van der Waals surface area contributed by atoms with Gasteiger partial charge in [0.15, 0.2) is 0 Å². The standard InChI is InChI=1S/C9H19N3O2/c1-3-8(13)11-5-4-9(14)12-7-6-10-2/h10H,3-7H2,1-2H3,(H,11,13)(H,12,14). The zero-order valence-corrected chi connectivity index (χ0v) is 8.85. The summed E-state index contributed by atoms with van der Waals surface area (Å²) in [6, 6.07) is 0. The highest BCUT2D eigenvalue weighted by molar-refractivity contribution is 5.78. The lowest BCUT2D eigenvalue weighted by Crippen LogP contribution is -2.33. The maximum atomic E-state index is 11.1. The monoisotopic (exact) mass is 201 g/mol. The molecule has 0 aromatic carbocycles. The Balaban J connectivity index is 3.31. The van der Waals surface area contributed by atoms with Gasteiger partial charge in [-0.15, -0.1) is 0 Å². The molecule has 0 rings (SSSR count). The van der Waals surface area contributed by atoms with Gasteiger partial charge in [0, 0.05) is 32.5 Å². The quantitative estimate of drug-likeness (QED) is 0.474. The van der Waals surface area contributed by atoms with E-state index in [0.29, 0.717) is 25.9 Å². The van der Waals surface area contributed by atoms with Crippen LogP contribution >= 0.6 is 0 Å². The van der Waals surface area contributed by atoms with E-state index in [9.17, 15) is 9.59 Å². The van der Waals surface area contributed by atoms with E-state index in [1.165, 1.54) is 0 Å². The van der Waals surface area contributed by atoms with Gasteiger partial charge < -0.3 is 16.0 Å². The average Bonchev–Trinajstić information content (AvgIpc) is 2.18. The summed E-state index contributed by atoms with van der Waals surface area (Å²) in [6.07, 6.45) is 0.802. The van der Waals surface area contributed by atoms with E-state index >= 15 is 0 Å². The number of rotatable bonds is 7. The van der Waals surface area contributed by atoms with Crippen LogP contribution < -0.4 is 16.0 Å². The third-order valence-corrected chi connectivity index (χ3v) is 1.69. The molecule has 0 spiro atoms. The van der Waals surface area contributed by atoms with E-state index in [1.54, 1.807) is 6.92 Å². The molecule has 0 unspecified atom stereocenters. The normalized spacial score (nSPS) is 9.57. The molecule has 0 bridgehead atoms. The molecular formula is C9H19N3O2. The molecule has 5 heteroatoms. The summed E-state index contributed by atoms with van der Waals surface area (Å²) in [5.74, 6) is -0.0512. The summed E-state index contributed by atoms with van der Waals surface area (Å²) in [6.45, 7) is 3.57. The van der Waals surface area contributed by atoms with Crippen molar-refractivity contribution in [1.29, 1.82) is 0 Å². The average molecular weight is 201 g/mol. The molecule has 14 heavy (non-hydrogen) atoms. The van der Waals surface area contributed by atoms with Gasteiger partial charge in [0.25, 0.3) is 0 Å². The van der Waals surface area contributed by atoms with Crippen molar-refractivity contribution >= 4 is 11.8 Å². The van der Waals surface area contributed by atoms with Crippen LogP contribution in [0.2, 0.25) is 0 Å². The highest BCUT2D eigenvalue weighted by Crippen LogP contribution is 1.79. The third kappa shape index (κ3) is 7.54. The number of hydrogen-bond donors (Lipinski definition) is 3. The Kier molecular flexibility index (Phi) is 7.83. The smallest absolute Gasteiger partial charge is 0.221 e. The van der Waals surface area contributed by atoms with Crippen molar-refractivity contribution < 1.29 is 9.59 Å². The number of nitrogens with one attached hydrogen (secondary N) is 3. The lowest BCUT2D eigenvalue weighted by Gasteiger charge is -2.05. The number of carbonyl (C=O) groups is 2. The fourth-order valence-electron chi connectivity index (χ4n) is 0.856. The van der Waals surface area contributed by atoms with Gasteiger partial charge in [0.1, 0.15) is 0 Å². The molecule has 0 aliphatic heterocycles. The molecule has 5 nitrogen and oxygen atoms in total. The van der Waals surface area contributed by atoms with Crippen molar-refractivity contribution in [2.45, 2.75) is 19.8 Å². The third-order valence-electron chi connectivity index (χ3n) is 1.69. The fraction of sp³-hybridized carbons (Fsp3) is 0.778. The van der Waals surface area contributed by atoms with Crippen LogP contribution in [-0.4, -0.2) is 38.5 Å². The molecule has 0 aliphatic rings. The first-order valence-electron chi connectivity index (χ1n) is 4.88. The first-order chi connectivity index (χ1) is 6.70. The van der Waals surface area contributed by atoms with Crippen LogP contribution in [0.1, 0.15) is 19.8 Å². The predicted octanol–water partition coefficient (Wildman–Crippen LogP) is -0.762. The largest absolute Gasteiger partial charge is 0.356 e. The van der Waals surface area contributed by atoms with Gasteiger partial charge in [-0.05, 0) is 7.05 Å². The Morgan fingerprint density at radius 3 is 2.21 bits per heavy atom. The Bertz CT molecular complexity index is 183. The maximum absolute atomic E-state index is 11.1. The van der Waals surface area contributed by atoms with Crippen LogP contribution in [0.25, 0.3) is 0 Å². The second-order valence-corrected chi connectivity index (χ2v) is 2.91. The van der Waals surface area contributed by atoms with E-state index in [-0.39, 0.29) is 11.8 Å². The fourth-order valence-corrected chi connectivity index (χ4v) is 0.856. The Labute approximate surface area is 84.6 Å². The van der Waals surface area contributed by atoms with Crippen LogP contribution in [-0.2, 0) is 9.59 Å². The predicted molar refractivity (Wildman–Crippen MR) is 54.9 cm³/mol. The van der Waals surface area contributed by atoms with Crippen molar-refractivity contribution in [2.24, 2.45) is 0 Å². The second kappa shape index (κ2) is 8.50. The number of carbonyl (C=O) groups excluding carboxylic acids is 2. The molecule has 0 fully saturated rings. The SMILES string of the molecule is CCC(=O)NCCC(=O)NCCNC. The number of hydrogen-bond acceptors (Lipinski definition) is 3. The summed E-state index contributed by atoms with van der Waals surface area (Å²) in [5.41, 5.74) is 0. The summed E-state index contributed by atoms with van der Waals surface area (Å²) in [5, 5.41) is 8.28. The van der Waals surface area contributed by atoms with Gasteiger partial charge in [-0.25, -0.2) is 0 Å². The van der Waals surface area contributed by atoms with E-state index in [1.807, 2.05) is 7.05 Å². The van der Waals surface area contributed by atoms with Crippen molar-refractivity contribution in [3.05, 3.63) is 0 Å². The van der Waals surface area contributed by atoms with Crippen LogP contribution in [0.3, 0.4) is 0 Å². The van der Waals surface area contributed by atoms with E-state index in [4.69, 9.17) is 0 Å². The van der Waals surface area contributed by atoms with Crippen LogP contribution in [0.4, 0.5) is 0 Å². The summed E-state index contributed by atoms with van der Waals surface area (Å²) in [7, 11) is 1.83. The Hall–Kier alpha value is -1.10. The topological polar surface area (TPSA) is 70.2 Å². The molecule has 0 aromatic heterocycles. The molecular weight excluding hydrogens is 182 g/mol. The molecule has 0 saturated carbocycles. The minimum absolute atomic E-state index is 0.0203. The highest BCUT2D eigenvalue weighted by atomic mass is 16.2. The van der Waals surface area contributed by atoms with Crippen LogP contribution in [0.5, 0.6) is 0 Å². The van der Waals surface area contributed by atoms with Gasteiger partial charge >= 0.3 is 0 Å². The lowest BCUT2D eigenvalue weighted by molar-refractivity contribution is -0.122. The first-order valence-corrected chi connectivity index (χ1v) is 4.88. The van der Waals surface area contributed by atoms with Crippen molar-refractivity contribution in [3.8, 4) is 0 Å². The molecule has 0 aromatic rings. The van der Waals surface area contributed by atoms with Gasteiger partial charge in [-0.1, -0.05) is 6.92 Å². The van der Waals surface area contributed by atoms with Crippen molar-refractivity contribution in [2.75, 3.05) is 26.7 Å². The van der Waals surface area contributed by atoms with Crippen molar-refractivity contribution in [1.82, 2.24) is 16.0 Å². The molecule has 0 heterocycles. The van der Waals surface area contributed by atoms with Crippen molar-refractivity contribution in [3.63, 3.8) is 0 Å². The molecule has 0 atom stereocenters. The van der Waals surface area contributed by atoms with Gasteiger partial charge in [-0.2, -0.15) is 0 Å². The number of amides is 2. The lowest BCUT2D eigenvalue weighted by atomic mass is 10.3. The Morgan fingerprint density at radius 2 is 1.64 bits per heavy atom. The van der Waals surface area contributed by atoms with Crippen LogP contribution in [0, 0.1) is 0 Å². The summed E-state index contributed by atoms with van der Waals surface area (Å²) >= 11 is 0. The second-order valence-electron chi connectivity index (χ2n) is 2.91. The molecule has 0 radical (unpaired) electrons. The minimum atomic E-state index is -0.0309. The van der Waals surface area contributed by atoms with E-state index < -0.39 is 0 Å². The van der Waals surface area contributed by atoms with E-state index in [2.05, 4.69) is 16.0 Å². The maximum Gasteiger partial charge on any atom is 0.221 e. The summed E-state index contributed by atoms with van der Waals surface area (Å²) < 4.78 is 0. The van der Waals surface area contributed by atoms with Gasteiger partial charge in [0.2, 0.25) is 11.8 Å². The zero-order valence-electron chi connectivity index (χ0n) is 8.85. The molecule has 3 N–H and O–H groups in total. The highest BCUT2D eigenvalue weighted by Gasteiger charge is 2.01. The molecule has 82 valence electrons. The molecule has 0 saturated heterocycles. The molecule has 0 aliphatic carbocycles.